The van der Waals surface area contributed by atoms with E-state index in [2.05, 4.69) is 65.5 Å². The molecule has 0 saturated carbocycles. The third-order valence-corrected chi connectivity index (χ3v) is 20.3. The van der Waals surface area contributed by atoms with E-state index in [0.29, 0.717) is 35.7 Å². The number of pyridine rings is 1. The van der Waals surface area contributed by atoms with Crippen LogP contribution in [0.3, 0.4) is 0 Å². The number of likely N-dealkylation sites (tertiary alicyclic amines) is 2. The lowest BCUT2D eigenvalue weighted by atomic mass is 9.79. The Labute approximate surface area is 477 Å². The van der Waals surface area contributed by atoms with Gasteiger partial charge in [0.1, 0.15) is 23.5 Å². The monoisotopic (exact) mass is 1110 g/mol. The number of aliphatic hydroxyl groups is 1. The zero-order chi connectivity index (χ0) is 55.4. The van der Waals surface area contributed by atoms with Crippen LogP contribution in [0.5, 0.6) is 5.75 Å². The van der Waals surface area contributed by atoms with Crippen LogP contribution in [0, 0.1) is 24.7 Å². The predicted molar refractivity (Wildman–Crippen MR) is 316 cm³/mol. The Morgan fingerprint density at radius 1 is 0.864 bits per heavy atom. The lowest BCUT2D eigenvalue weighted by Crippen LogP contribution is -2.51. The van der Waals surface area contributed by atoms with Crippen molar-refractivity contribution in [3.8, 4) is 27.4 Å². The fourth-order valence-corrected chi connectivity index (χ4v) is 15.9. The summed E-state index contributed by atoms with van der Waals surface area (Å²) in [5.41, 5.74) is 10.1. The molecule has 6 aliphatic heterocycles. The summed E-state index contributed by atoms with van der Waals surface area (Å²) < 4.78 is 5.97. The maximum Gasteiger partial charge on any atom is 0.243 e. The van der Waals surface area contributed by atoms with Crippen molar-refractivity contribution in [3.63, 3.8) is 0 Å². The maximum absolute atomic E-state index is 14.5. The normalized spacial score (nSPS) is 24.8. The lowest BCUT2D eigenvalue weighted by molar-refractivity contribution is -0.141. The number of carbonyl (C=O) groups excluding carboxylic acids is 2. The van der Waals surface area contributed by atoms with Crippen molar-refractivity contribution in [2.24, 2.45) is 17.8 Å². The van der Waals surface area contributed by atoms with E-state index >= 15 is 0 Å². The summed E-state index contributed by atoms with van der Waals surface area (Å²) in [5.74, 6) is 3.32. The van der Waals surface area contributed by atoms with Gasteiger partial charge in [-0.3, -0.25) is 19.5 Å². The number of aliphatic hydroxyl groups excluding tert-OH is 1. The van der Waals surface area contributed by atoms with Gasteiger partial charge >= 0.3 is 0 Å². The minimum Gasteiger partial charge on any atom is -0.508 e. The summed E-state index contributed by atoms with van der Waals surface area (Å²) in [4.78, 5) is 61.5. The standard InChI is InChI=1S/C63H74N12O5S/c1-34(2)54(62(79)75-32-47(77)24-51(75)61(78)66-36(4)40-9-11-41(12-10-40)59-37(5)65-33-81-59)52-25-53(70-80-52)73-27-39(28-73)21-38-15-18-71(19-16-38)45-17-20-72(31-45)63-68-58-50(60(69-63)74-29-43-13-14-44(30-74)67-43)26-64-57-49-23-46(76)22-42-7-6-8-48(56(42)49)35(3)55(57)58/h6-12,22-23,25-26,33-36,38-39,43-45,47,51,54,67,76-77H,13-21,24,27-32H2,1-5H3,(H,66,78)/t35?,36-,43?,44?,45+,47+,51-,54+/m0/s1. The fourth-order valence-electron chi connectivity index (χ4n) is 15.0. The molecule has 0 radical (unpaired) electrons. The van der Waals surface area contributed by atoms with E-state index in [9.17, 15) is 19.8 Å². The summed E-state index contributed by atoms with van der Waals surface area (Å²) in [5, 5.41) is 36.4. The highest BCUT2D eigenvalue weighted by Crippen LogP contribution is 2.49. The number of aryl methyl sites for hydroxylation is 1. The molecule has 8 atom stereocenters. The number of aromatic hydroxyl groups is 1. The zero-order valence-electron chi connectivity index (χ0n) is 47.1. The van der Waals surface area contributed by atoms with E-state index in [1.807, 2.05) is 81.9 Å². The zero-order valence-corrected chi connectivity index (χ0v) is 47.9. The maximum atomic E-state index is 14.5. The smallest absolute Gasteiger partial charge is 0.243 e. The number of phenolic OH excluding ortho intramolecular Hbond substituents is 1. The van der Waals surface area contributed by atoms with Gasteiger partial charge in [0.25, 0.3) is 0 Å². The number of piperidine rings is 1. The van der Waals surface area contributed by atoms with Crippen molar-refractivity contribution in [2.75, 3.05) is 73.6 Å². The van der Waals surface area contributed by atoms with E-state index < -0.39 is 18.1 Å². The number of rotatable bonds is 13. The number of hydrogen-bond acceptors (Lipinski definition) is 16. The number of phenols is 1. The minimum absolute atomic E-state index is 0.0666. The lowest BCUT2D eigenvalue weighted by Gasteiger charge is -2.43. The summed E-state index contributed by atoms with van der Waals surface area (Å²) in [7, 11) is 0. The van der Waals surface area contributed by atoms with E-state index in [1.54, 1.807) is 16.2 Å². The van der Waals surface area contributed by atoms with Crippen LogP contribution in [0.15, 0.2) is 76.9 Å². The molecule has 4 aromatic heterocycles. The number of benzene rings is 3. The average molecular weight is 1110 g/mol. The van der Waals surface area contributed by atoms with Gasteiger partial charge in [-0.1, -0.05) is 68.4 Å². The highest BCUT2D eigenvalue weighted by atomic mass is 32.1. The van der Waals surface area contributed by atoms with Gasteiger partial charge in [-0.15, -0.1) is 11.3 Å². The van der Waals surface area contributed by atoms with Gasteiger partial charge in [-0.2, -0.15) is 4.98 Å². The molecule has 6 fully saturated rings. The molecule has 18 heteroatoms. The Balaban J connectivity index is 0.598. The second kappa shape index (κ2) is 20.9. The Hall–Kier alpha value is -6.73. The van der Waals surface area contributed by atoms with Crippen LogP contribution in [-0.4, -0.2) is 146 Å². The molecule has 4 N–H and O–H groups in total. The number of hydrogen-bond donors (Lipinski definition) is 4. The molecule has 3 unspecified atom stereocenters. The molecule has 14 rings (SSSR count). The molecule has 422 valence electrons. The van der Waals surface area contributed by atoms with Gasteiger partial charge in [0, 0.05) is 99.7 Å². The number of aromatic nitrogens is 5. The molecular formula is C63H74N12O5S. The van der Waals surface area contributed by atoms with Crippen LogP contribution in [0.25, 0.3) is 43.4 Å². The molecule has 81 heavy (non-hydrogen) atoms. The molecule has 2 amide bonds. The highest BCUT2D eigenvalue weighted by Gasteiger charge is 2.45. The van der Waals surface area contributed by atoms with Crippen molar-refractivity contribution < 1.29 is 24.3 Å². The van der Waals surface area contributed by atoms with Crippen molar-refractivity contribution in [2.45, 2.75) is 128 Å². The molecule has 6 saturated heterocycles. The number of fused-ring (bicyclic) bond motifs is 6. The van der Waals surface area contributed by atoms with Gasteiger partial charge in [-0.25, -0.2) is 9.97 Å². The summed E-state index contributed by atoms with van der Waals surface area (Å²) >= 11 is 1.60. The molecule has 1 aliphatic carbocycles. The number of anilines is 3. The third kappa shape index (κ3) is 9.56. The first-order valence-corrected chi connectivity index (χ1v) is 30.6. The number of thiazole rings is 1. The van der Waals surface area contributed by atoms with Gasteiger partial charge in [0.15, 0.2) is 11.6 Å². The Bertz CT molecular complexity index is 3520. The van der Waals surface area contributed by atoms with Crippen LogP contribution in [0.4, 0.5) is 17.6 Å². The number of nitrogens with zero attached hydrogens (tertiary/aromatic N) is 10. The van der Waals surface area contributed by atoms with E-state index in [-0.39, 0.29) is 48.4 Å². The summed E-state index contributed by atoms with van der Waals surface area (Å²) in [6.45, 7) is 18.0. The second-order valence-corrected chi connectivity index (χ2v) is 25.9. The molecule has 7 aromatic rings. The second-order valence-electron chi connectivity index (χ2n) is 25.0. The van der Waals surface area contributed by atoms with Crippen molar-refractivity contribution in [1.82, 2.24) is 45.5 Å². The molecule has 10 heterocycles. The molecule has 7 aliphatic rings. The molecule has 17 nitrogen and oxygen atoms in total. The van der Waals surface area contributed by atoms with E-state index in [1.165, 1.54) is 37.7 Å². The first-order chi connectivity index (χ1) is 39.3. The van der Waals surface area contributed by atoms with Crippen LogP contribution >= 0.6 is 11.3 Å². The van der Waals surface area contributed by atoms with Crippen molar-refractivity contribution in [1.29, 1.82) is 0 Å². The molecule has 3 aromatic carbocycles. The van der Waals surface area contributed by atoms with Crippen molar-refractivity contribution >= 4 is 62.4 Å². The average Bonchev–Trinajstić information content (AvgIpc) is 4.41. The SMILES string of the molecule is Cc1ncsc1-c1ccc([C@H](C)NC(=O)[C@@H]2C[C@@H](O)CN2C(=O)[C@@H](c2cc(N3CC(CC4CCN([C@@H]5CCN(c6nc(N7CC8CCC(C7)N8)c7cnc8c(c7n6)C(C)c6cccc7cc(O)cc-8c67)C5)CC4)C3)no2)C(C)C)cc1. The van der Waals surface area contributed by atoms with Gasteiger partial charge < -0.3 is 45.0 Å². The topological polar surface area (TPSA) is 192 Å². The van der Waals surface area contributed by atoms with Crippen LogP contribution < -0.4 is 25.3 Å². The minimum atomic E-state index is -0.801. The number of piperazine rings is 1. The van der Waals surface area contributed by atoms with Crippen LogP contribution in [0.1, 0.15) is 119 Å². The van der Waals surface area contributed by atoms with Crippen molar-refractivity contribution in [3.05, 3.63) is 101 Å². The first kappa shape index (κ1) is 52.4. The number of carbonyl (C=O) groups is 2. The number of nitrogens with one attached hydrogen (secondary N) is 2. The first-order valence-electron chi connectivity index (χ1n) is 29.8. The van der Waals surface area contributed by atoms with Crippen LogP contribution in [-0.2, 0) is 9.59 Å². The van der Waals surface area contributed by atoms with Crippen LogP contribution in [0.2, 0.25) is 0 Å². The number of amides is 2. The summed E-state index contributed by atoms with van der Waals surface area (Å²) in [6.07, 6.45) is 8.40. The Kier molecular flexibility index (Phi) is 13.5. The molecular weight excluding hydrogens is 1040 g/mol. The van der Waals surface area contributed by atoms with E-state index in [4.69, 9.17) is 19.5 Å². The summed E-state index contributed by atoms with van der Waals surface area (Å²) in [6, 6.07) is 20.5. The van der Waals surface area contributed by atoms with E-state index in [0.717, 1.165) is 137 Å². The molecule has 2 bridgehead atoms. The quantitative estimate of drug-likeness (QED) is 0.0856. The van der Waals surface area contributed by atoms with Gasteiger partial charge in [-0.05, 0) is 123 Å². The van der Waals surface area contributed by atoms with Gasteiger partial charge in [0.05, 0.1) is 44.8 Å². The van der Waals surface area contributed by atoms with Gasteiger partial charge in [0.2, 0.25) is 17.8 Å². The fraction of sp³-hybridized carbons (Fsp3) is 0.508. The Morgan fingerprint density at radius 3 is 2.41 bits per heavy atom. The highest BCUT2D eigenvalue weighted by molar-refractivity contribution is 7.13. The molecule has 0 spiro atoms. The third-order valence-electron chi connectivity index (χ3n) is 19.4. The Morgan fingerprint density at radius 2 is 1.65 bits per heavy atom. The number of β-amino-alcohol motifs (C(OH)–C–C–N with tert-alkyl or cyclic N) is 1. The largest absolute Gasteiger partial charge is 0.508 e. The predicted octanol–water partition coefficient (Wildman–Crippen LogP) is 8.77.